The molecule has 2 heterocycles. The molecule has 25 heavy (non-hydrogen) atoms. The number of nitrogens with zero attached hydrogens (tertiary/aromatic N) is 2. The van der Waals surface area contributed by atoms with Crippen molar-refractivity contribution in [1.29, 1.82) is 0 Å². The van der Waals surface area contributed by atoms with E-state index < -0.39 is 5.72 Å². The van der Waals surface area contributed by atoms with E-state index >= 15 is 0 Å². The Morgan fingerprint density at radius 1 is 0.960 bits per heavy atom. The molecule has 0 aromatic heterocycles. The summed E-state index contributed by atoms with van der Waals surface area (Å²) in [4.78, 5) is 2.22. The molecule has 4 rings (SSSR count). The highest BCUT2D eigenvalue weighted by Gasteiger charge is 2.51. The van der Waals surface area contributed by atoms with E-state index in [2.05, 4.69) is 21.6 Å². The Labute approximate surface area is 158 Å². The lowest BCUT2D eigenvalue weighted by molar-refractivity contribution is -0.658. The molecule has 2 aromatic rings. The van der Waals surface area contributed by atoms with Gasteiger partial charge in [-0.05, 0) is 55.7 Å². The molecule has 3 nitrogen and oxygen atoms in total. The van der Waals surface area contributed by atoms with E-state index in [1.54, 1.807) is 12.1 Å². The van der Waals surface area contributed by atoms with Crippen LogP contribution in [0.3, 0.4) is 0 Å². The maximum atomic E-state index is 13.3. The standard InChI is InChI=1S/C20H22FN2O.BrH/c21-17-12-10-16(11-13-17)20(24)15-22(18-7-3-1-4-8-18)19-9-5-2-6-14-23(19)20;/h1,3-4,7-8,10-13,24H,2,5-6,9,14-15H2;1H/q+1;/p-1. The largest absolute Gasteiger partial charge is 1.00 e. The highest BCUT2D eigenvalue weighted by molar-refractivity contribution is 5.95. The Morgan fingerprint density at radius 2 is 1.68 bits per heavy atom. The Morgan fingerprint density at radius 3 is 2.40 bits per heavy atom. The van der Waals surface area contributed by atoms with Gasteiger partial charge >= 0.3 is 0 Å². The maximum absolute atomic E-state index is 13.3. The van der Waals surface area contributed by atoms with Crippen LogP contribution in [-0.4, -0.2) is 28.6 Å². The highest BCUT2D eigenvalue weighted by atomic mass is 79.9. The van der Waals surface area contributed by atoms with Crippen LogP contribution < -0.4 is 21.9 Å². The smallest absolute Gasteiger partial charge is 0.271 e. The summed E-state index contributed by atoms with van der Waals surface area (Å²) >= 11 is 0. The first-order valence-electron chi connectivity index (χ1n) is 8.63. The molecule has 1 atom stereocenters. The van der Waals surface area contributed by atoms with Crippen molar-refractivity contribution in [3.05, 3.63) is 66.0 Å². The second-order valence-electron chi connectivity index (χ2n) is 6.62. The number of aliphatic hydroxyl groups is 1. The molecule has 0 radical (unpaired) electrons. The lowest BCUT2D eigenvalue weighted by Crippen LogP contribution is -3.00. The first-order chi connectivity index (χ1) is 11.7. The Balaban J connectivity index is 0.00000182. The number of β-amino-alcohol motifs (C(OH)–C–C–N with tert-alkyl or cyclic N) is 1. The molecule has 0 bridgehead atoms. The zero-order valence-corrected chi connectivity index (χ0v) is 15.6. The molecule has 0 fully saturated rings. The Kier molecular flexibility index (Phi) is 5.25. The van der Waals surface area contributed by atoms with Gasteiger partial charge in [0.1, 0.15) is 11.5 Å². The Hall–Kier alpha value is -1.72. The van der Waals surface area contributed by atoms with Gasteiger partial charge < -0.3 is 22.1 Å². The molecule has 132 valence electrons. The summed E-state index contributed by atoms with van der Waals surface area (Å²) < 4.78 is 15.5. The highest BCUT2D eigenvalue weighted by Crippen LogP contribution is 2.35. The summed E-state index contributed by atoms with van der Waals surface area (Å²) in [6.07, 6.45) is 4.32. The minimum Gasteiger partial charge on any atom is -1.00 e. The van der Waals surface area contributed by atoms with Crippen LogP contribution in [0.5, 0.6) is 0 Å². The predicted octanol–water partition coefficient (Wildman–Crippen LogP) is 0.480. The number of halogens is 2. The molecule has 0 spiro atoms. The summed E-state index contributed by atoms with van der Waals surface area (Å²) in [6.45, 7) is 1.30. The molecule has 2 aliphatic heterocycles. The van der Waals surface area contributed by atoms with Gasteiger partial charge in [0.2, 0.25) is 0 Å². The lowest BCUT2D eigenvalue weighted by Gasteiger charge is -2.23. The molecule has 2 aliphatic rings. The second kappa shape index (κ2) is 7.26. The van der Waals surface area contributed by atoms with E-state index in [4.69, 9.17) is 0 Å². The van der Waals surface area contributed by atoms with Crippen molar-refractivity contribution >= 4 is 11.5 Å². The quantitative estimate of drug-likeness (QED) is 0.736. The average molecular weight is 405 g/mol. The summed E-state index contributed by atoms with van der Waals surface area (Å²) in [5.74, 6) is 0.894. The van der Waals surface area contributed by atoms with E-state index in [1.807, 2.05) is 18.2 Å². The number of hydrogen-bond acceptors (Lipinski definition) is 2. The van der Waals surface area contributed by atoms with Crippen molar-refractivity contribution in [3.8, 4) is 0 Å². The fraction of sp³-hybridized carbons (Fsp3) is 0.350. The fourth-order valence-electron chi connectivity index (χ4n) is 3.88. The average Bonchev–Trinajstić information content (AvgIpc) is 2.77. The van der Waals surface area contributed by atoms with Crippen LogP contribution in [0.2, 0.25) is 0 Å². The van der Waals surface area contributed by atoms with Gasteiger partial charge in [0.05, 0.1) is 6.54 Å². The second-order valence-corrected chi connectivity index (χ2v) is 6.62. The number of para-hydroxylation sites is 1. The van der Waals surface area contributed by atoms with E-state index in [1.165, 1.54) is 24.4 Å². The van der Waals surface area contributed by atoms with Crippen LogP contribution in [0.4, 0.5) is 10.1 Å². The molecule has 2 aromatic carbocycles. The van der Waals surface area contributed by atoms with Gasteiger partial charge in [0.25, 0.3) is 11.6 Å². The number of anilines is 1. The monoisotopic (exact) mass is 404 g/mol. The van der Waals surface area contributed by atoms with E-state index in [-0.39, 0.29) is 22.8 Å². The normalized spacial score (nSPS) is 23.0. The molecular formula is C20H22BrFN2O. The van der Waals surface area contributed by atoms with Gasteiger partial charge in [-0.2, -0.15) is 0 Å². The summed E-state index contributed by atoms with van der Waals surface area (Å²) in [7, 11) is 0. The third kappa shape index (κ3) is 3.23. The van der Waals surface area contributed by atoms with Crippen LogP contribution >= 0.6 is 0 Å². The van der Waals surface area contributed by atoms with E-state index in [9.17, 15) is 9.50 Å². The van der Waals surface area contributed by atoms with E-state index in [0.29, 0.717) is 6.54 Å². The van der Waals surface area contributed by atoms with Crippen molar-refractivity contribution in [2.45, 2.75) is 31.4 Å². The zero-order chi connectivity index (χ0) is 16.6. The van der Waals surface area contributed by atoms with Crippen LogP contribution in [0.1, 0.15) is 31.2 Å². The number of hydrogen-bond donors (Lipinski definition) is 1. The van der Waals surface area contributed by atoms with Crippen LogP contribution in [0.25, 0.3) is 0 Å². The maximum Gasteiger partial charge on any atom is 0.271 e. The van der Waals surface area contributed by atoms with Crippen LogP contribution in [-0.2, 0) is 5.72 Å². The fourth-order valence-corrected chi connectivity index (χ4v) is 3.88. The minimum atomic E-state index is -1.11. The predicted molar refractivity (Wildman–Crippen MR) is 92.7 cm³/mol. The third-order valence-electron chi connectivity index (χ3n) is 5.10. The zero-order valence-electron chi connectivity index (χ0n) is 14.0. The number of amidine groups is 1. The molecule has 1 unspecified atom stereocenters. The van der Waals surface area contributed by atoms with Crippen molar-refractivity contribution < 1.29 is 31.1 Å². The van der Waals surface area contributed by atoms with Crippen molar-refractivity contribution in [1.82, 2.24) is 0 Å². The number of benzene rings is 2. The van der Waals surface area contributed by atoms with Gasteiger partial charge in [-0.15, -0.1) is 0 Å². The summed E-state index contributed by atoms with van der Waals surface area (Å²) in [6, 6.07) is 16.4. The third-order valence-corrected chi connectivity index (χ3v) is 5.10. The molecule has 0 saturated carbocycles. The molecule has 0 saturated heterocycles. The van der Waals surface area contributed by atoms with Gasteiger partial charge in [-0.25, -0.2) is 13.9 Å². The first kappa shape index (κ1) is 18.1. The van der Waals surface area contributed by atoms with Crippen LogP contribution in [0.15, 0.2) is 54.6 Å². The van der Waals surface area contributed by atoms with Crippen molar-refractivity contribution in [2.24, 2.45) is 0 Å². The van der Waals surface area contributed by atoms with Gasteiger partial charge in [0, 0.05) is 12.0 Å². The summed E-state index contributed by atoms with van der Waals surface area (Å²) in [5.41, 5.74) is 0.739. The lowest BCUT2D eigenvalue weighted by atomic mass is 10.0. The molecule has 0 aliphatic carbocycles. The number of rotatable bonds is 2. The Bertz CT molecular complexity index is 763. The van der Waals surface area contributed by atoms with E-state index in [0.717, 1.165) is 37.1 Å². The SMILES string of the molecule is OC1(c2ccc(F)cc2)CN(c2ccccc2)C2=[N+]1CCCCC2.[Br-]. The van der Waals surface area contributed by atoms with Gasteiger partial charge in [-0.1, -0.05) is 18.2 Å². The van der Waals surface area contributed by atoms with Gasteiger partial charge in [0.15, 0.2) is 6.54 Å². The minimum absolute atomic E-state index is 0. The summed E-state index contributed by atoms with van der Waals surface area (Å²) in [5, 5.41) is 11.5. The molecular weight excluding hydrogens is 383 g/mol. The molecule has 0 amide bonds. The molecule has 1 N–H and O–H groups in total. The van der Waals surface area contributed by atoms with Gasteiger partial charge in [-0.3, -0.25) is 0 Å². The van der Waals surface area contributed by atoms with Crippen LogP contribution in [0, 0.1) is 5.82 Å². The van der Waals surface area contributed by atoms with Crippen molar-refractivity contribution in [3.63, 3.8) is 0 Å². The van der Waals surface area contributed by atoms with Crippen molar-refractivity contribution in [2.75, 3.05) is 18.0 Å². The topological polar surface area (TPSA) is 26.5 Å². The first-order valence-corrected chi connectivity index (χ1v) is 8.63. The molecule has 5 heteroatoms.